The predicted octanol–water partition coefficient (Wildman–Crippen LogP) is 3.50. The molecule has 0 unspecified atom stereocenters. The van der Waals surface area contributed by atoms with Crippen molar-refractivity contribution in [2.45, 2.75) is 12.6 Å². The van der Waals surface area contributed by atoms with Crippen molar-refractivity contribution in [3.8, 4) is 0 Å². The van der Waals surface area contributed by atoms with Crippen LogP contribution in [-0.2, 0) is 6.18 Å². The van der Waals surface area contributed by atoms with E-state index in [1.165, 1.54) is 0 Å². The van der Waals surface area contributed by atoms with E-state index in [0.29, 0.717) is 6.20 Å². The van der Waals surface area contributed by atoms with Gasteiger partial charge >= 0.3 is 12.1 Å². The molecule has 0 amide bonds. The molecule has 1 aromatic rings. The Morgan fingerprint density at radius 1 is 1.41 bits per heavy atom. The summed E-state index contributed by atoms with van der Waals surface area (Å²) in [5.74, 6) is -1.89. The smallest absolute Gasteiger partial charge is 0.433 e. The van der Waals surface area contributed by atoms with Gasteiger partial charge in [-0.1, -0.05) is 0 Å². The highest BCUT2D eigenvalue weighted by molar-refractivity contribution is 9.10. The van der Waals surface area contributed by atoms with E-state index in [9.17, 15) is 26.7 Å². The highest BCUT2D eigenvalue weighted by atomic mass is 79.9. The second-order valence-electron chi connectivity index (χ2n) is 2.85. The lowest BCUT2D eigenvalue weighted by Crippen LogP contribution is -2.17. The van der Waals surface area contributed by atoms with Gasteiger partial charge in [0.25, 0.3) is 6.43 Å². The number of aromatic carboxylic acids is 1. The van der Waals surface area contributed by atoms with Crippen molar-refractivity contribution in [3.63, 3.8) is 0 Å². The summed E-state index contributed by atoms with van der Waals surface area (Å²) in [4.78, 5) is 13.5. The first-order valence-corrected chi connectivity index (χ1v) is 4.72. The molecule has 0 atom stereocenters. The fourth-order valence-electron chi connectivity index (χ4n) is 1.16. The summed E-state index contributed by atoms with van der Waals surface area (Å²) in [6.45, 7) is 0. The molecule has 0 spiro atoms. The van der Waals surface area contributed by atoms with Crippen LogP contribution in [0.25, 0.3) is 0 Å². The summed E-state index contributed by atoms with van der Waals surface area (Å²) in [7, 11) is 0. The standard InChI is InChI=1S/C8H3BrF5NO2/c9-2-1-15-5(8(12,13)14)4(6(10)11)3(2)7(16)17/h1,6H,(H,16,17). The molecule has 0 saturated heterocycles. The van der Waals surface area contributed by atoms with Crippen LogP contribution < -0.4 is 0 Å². The third kappa shape index (κ3) is 2.71. The number of pyridine rings is 1. The first-order chi connectivity index (χ1) is 7.66. The van der Waals surface area contributed by atoms with Gasteiger partial charge in [-0.3, -0.25) is 4.98 Å². The van der Waals surface area contributed by atoms with Crippen LogP contribution >= 0.6 is 15.9 Å². The maximum absolute atomic E-state index is 12.5. The molecule has 0 bridgehead atoms. The van der Waals surface area contributed by atoms with Crippen molar-refractivity contribution in [1.82, 2.24) is 4.98 Å². The highest BCUT2D eigenvalue weighted by Crippen LogP contribution is 2.38. The molecule has 0 aliphatic rings. The normalized spacial score (nSPS) is 11.9. The molecule has 9 heteroatoms. The van der Waals surface area contributed by atoms with Crippen molar-refractivity contribution in [3.05, 3.63) is 27.5 Å². The van der Waals surface area contributed by atoms with Gasteiger partial charge in [0.1, 0.15) is 0 Å². The SMILES string of the molecule is O=C(O)c1c(Br)cnc(C(F)(F)F)c1C(F)F. The van der Waals surface area contributed by atoms with Crippen molar-refractivity contribution < 1.29 is 31.9 Å². The zero-order valence-electron chi connectivity index (χ0n) is 7.73. The highest BCUT2D eigenvalue weighted by Gasteiger charge is 2.40. The maximum atomic E-state index is 12.5. The monoisotopic (exact) mass is 319 g/mol. The average molecular weight is 320 g/mol. The molecule has 0 fully saturated rings. The van der Waals surface area contributed by atoms with E-state index in [-0.39, 0.29) is 0 Å². The first kappa shape index (κ1) is 13.8. The number of halogens is 6. The van der Waals surface area contributed by atoms with Crippen LogP contribution in [0.5, 0.6) is 0 Å². The van der Waals surface area contributed by atoms with Crippen LogP contribution in [0, 0.1) is 0 Å². The third-order valence-corrected chi connectivity index (χ3v) is 2.37. The van der Waals surface area contributed by atoms with Crippen LogP contribution in [0.3, 0.4) is 0 Å². The van der Waals surface area contributed by atoms with Gasteiger partial charge in [-0.2, -0.15) is 13.2 Å². The van der Waals surface area contributed by atoms with E-state index in [2.05, 4.69) is 20.9 Å². The Balaban J connectivity index is 3.65. The molecule has 1 N–H and O–H groups in total. The summed E-state index contributed by atoms with van der Waals surface area (Å²) >= 11 is 2.57. The minimum atomic E-state index is -5.14. The zero-order valence-corrected chi connectivity index (χ0v) is 9.31. The molecule has 1 aromatic heterocycles. The molecule has 1 rings (SSSR count). The van der Waals surface area contributed by atoms with Crippen LogP contribution in [0.2, 0.25) is 0 Å². The number of hydrogen-bond acceptors (Lipinski definition) is 2. The number of rotatable bonds is 2. The average Bonchev–Trinajstić information content (AvgIpc) is 2.14. The molecule has 1 heterocycles. The summed E-state index contributed by atoms with van der Waals surface area (Å²) in [6.07, 6.45) is -8.21. The zero-order chi connectivity index (χ0) is 13.4. The van der Waals surface area contributed by atoms with E-state index in [0.717, 1.165) is 0 Å². The molecule has 0 aliphatic carbocycles. The predicted molar refractivity (Wildman–Crippen MR) is 48.9 cm³/mol. The van der Waals surface area contributed by atoms with Crippen LogP contribution in [0.15, 0.2) is 10.7 Å². The van der Waals surface area contributed by atoms with Crippen molar-refractivity contribution >= 4 is 21.9 Å². The quantitative estimate of drug-likeness (QED) is 0.849. The number of hydrogen-bond donors (Lipinski definition) is 1. The van der Waals surface area contributed by atoms with E-state index >= 15 is 0 Å². The molecule has 0 aliphatic heterocycles. The van der Waals surface area contributed by atoms with Gasteiger partial charge in [-0.15, -0.1) is 0 Å². The number of alkyl halides is 5. The number of nitrogens with zero attached hydrogens (tertiary/aromatic N) is 1. The second kappa shape index (κ2) is 4.55. The minimum Gasteiger partial charge on any atom is -0.478 e. The lowest BCUT2D eigenvalue weighted by Gasteiger charge is -2.14. The molecule has 0 aromatic carbocycles. The Kier molecular flexibility index (Phi) is 3.70. The third-order valence-electron chi connectivity index (χ3n) is 1.77. The number of carboxylic acids is 1. The molecule has 3 nitrogen and oxygen atoms in total. The topological polar surface area (TPSA) is 50.2 Å². The van der Waals surface area contributed by atoms with Crippen LogP contribution in [0.4, 0.5) is 22.0 Å². The fourth-order valence-corrected chi connectivity index (χ4v) is 1.64. The molecular weight excluding hydrogens is 317 g/mol. The summed E-state index contributed by atoms with van der Waals surface area (Å²) in [6, 6.07) is 0. The molecule has 0 saturated carbocycles. The number of aromatic nitrogens is 1. The Morgan fingerprint density at radius 2 is 1.94 bits per heavy atom. The van der Waals surface area contributed by atoms with Crippen LogP contribution in [0.1, 0.15) is 28.0 Å². The first-order valence-electron chi connectivity index (χ1n) is 3.93. The molecule has 17 heavy (non-hydrogen) atoms. The lowest BCUT2D eigenvalue weighted by atomic mass is 10.1. The van der Waals surface area contributed by atoms with Gasteiger partial charge in [-0.05, 0) is 15.9 Å². The van der Waals surface area contributed by atoms with Gasteiger partial charge in [-0.25, -0.2) is 13.6 Å². The van der Waals surface area contributed by atoms with Gasteiger partial charge in [0.2, 0.25) is 0 Å². The van der Waals surface area contributed by atoms with Gasteiger partial charge in [0, 0.05) is 6.20 Å². The Morgan fingerprint density at radius 3 is 2.29 bits per heavy atom. The van der Waals surface area contributed by atoms with Crippen molar-refractivity contribution in [1.29, 1.82) is 0 Å². The minimum absolute atomic E-state index is 0.437. The number of carbonyl (C=O) groups is 1. The largest absolute Gasteiger partial charge is 0.478 e. The molecular formula is C8H3BrF5NO2. The Bertz CT molecular complexity index is 460. The van der Waals surface area contributed by atoms with E-state index in [1.54, 1.807) is 0 Å². The summed E-state index contributed by atoms with van der Waals surface area (Å²) in [5.41, 5.74) is -4.67. The second-order valence-corrected chi connectivity index (χ2v) is 3.70. The Labute approximate surface area is 99.4 Å². The Hall–Kier alpha value is -1.25. The molecule has 0 radical (unpaired) electrons. The van der Waals surface area contributed by atoms with Gasteiger partial charge in [0.05, 0.1) is 15.6 Å². The van der Waals surface area contributed by atoms with E-state index in [4.69, 9.17) is 5.11 Å². The van der Waals surface area contributed by atoms with Crippen molar-refractivity contribution in [2.24, 2.45) is 0 Å². The maximum Gasteiger partial charge on any atom is 0.433 e. The van der Waals surface area contributed by atoms with Crippen molar-refractivity contribution in [2.75, 3.05) is 0 Å². The fraction of sp³-hybridized carbons (Fsp3) is 0.250. The summed E-state index contributed by atoms with van der Waals surface area (Å²) < 4.78 is 61.8. The summed E-state index contributed by atoms with van der Waals surface area (Å²) in [5, 5.41) is 8.63. The lowest BCUT2D eigenvalue weighted by molar-refractivity contribution is -0.143. The van der Waals surface area contributed by atoms with E-state index in [1.807, 2.05) is 0 Å². The van der Waals surface area contributed by atoms with Gasteiger partial charge < -0.3 is 5.11 Å². The van der Waals surface area contributed by atoms with Gasteiger partial charge in [0.15, 0.2) is 5.69 Å². The molecule has 94 valence electrons. The van der Waals surface area contributed by atoms with E-state index < -0.39 is 39.9 Å². The van der Waals surface area contributed by atoms with Crippen LogP contribution in [-0.4, -0.2) is 16.1 Å². The number of carboxylic acid groups (broad SMARTS) is 1.